The summed E-state index contributed by atoms with van der Waals surface area (Å²) in [6, 6.07) is -1.84. The molecular formula is C7H9F3N2OS. The van der Waals surface area contributed by atoms with Crippen molar-refractivity contribution in [1.29, 1.82) is 0 Å². The van der Waals surface area contributed by atoms with Crippen LogP contribution in [0.15, 0.2) is 6.20 Å². The Bertz CT molecular complexity index is 299. The molecule has 1 atom stereocenters. The fourth-order valence-corrected chi connectivity index (χ4v) is 1.59. The fraction of sp³-hybridized carbons (Fsp3) is 0.571. The predicted molar refractivity (Wildman–Crippen MR) is 46.4 cm³/mol. The molecule has 0 radical (unpaired) electrons. The lowest BCUT2D eigenvalue weighted by molar-refractivity contribution is -0.147. The quantitative estimate of drug-likeness (QED) is 0.851. The number of alkyl halides is 3. The third-order valence-electron chi connectivity index (χ3n) is 1.55. The van der Waals surface area contributed by atoms with Crippen LogP contribution in [-0.2, 0) is 6.42 Å². The largest absolute Gasteiger partial charge is 0.473 e. The van der Waals surface area contributed by atoms with Gasteiger partial charge in [-0.15, -0.1) is 0 Å². The molecule has 3 nitrogen and oxygen atoms in total. The normalized spacial score (nSPS) is 14.1. The molecule has 1 aromatic rings. The zero-order valence-corrected chi connectivity index (χ0v) is 8.15. The highest BCUT2D eigenvalue weighted by molar-refractivity contribution is 7.13. The summed E-state index contributed by atoms with van der Waals surface area (Å²) >= 11 is 1.06. The maximum atomic E-state index is 12.1. The highest BCUT2D eigenvalue weighted by atomic mass is 32.1. The molecular weight excluding hydrogens is 217 g/mol. The van der Waals surface area contributed by atoms with Gasteiger partial charge >= 0.3 is 6.18 Å². The van der Waals surface area contributed by atoms with Crippen LogP contribution in [0, 0.1) is 0 Å². The Kier molecular flexibility index (Phi) is 3.33. The third-order valence-corrected chi connectivity index (χ3v) is 2.53. The van der Waals surface area contributed by atoms with E-state index in [0.717, 1.165) is 11.3 Å². The zero-order valence-electron chi connectivity index (χ0n) is 7.34. The Morgan fingerprint density at radius 1 is 1.64 bits per heavy atom. The molecule has 0 aliphatic carbocycles. The van der Waals surface area contributed by atoms with Gasteiger partial charge in [0.05, 0.1) is 7.11 Å². The SMILES string of the molecule is COc1ncc(CC(N)C(F)(F)F)s1. The van der Waals surface area contributed by atoms with Crippen LogP contribution in [0.1, 0.15) is 4.88 Å². The van der Waals surface area contributed by atoms with Crippen LogP contribution in [0.5, 0.6) is 5.19 Å². The minimum absolute atomic E-state index is 0.259. The topological polar surface area (TPSA) is 48.1 Å². The Hall–Kier alpha value is -0.820. The number of nitrogens with zero attached hydrogens (tertiary/aromatic N) is 1. The van der Waals surface area contributed by atoms with Crippen molar-refractivity contribution < 1.29 is 17.9 Å². The van der Waals surface area contributed by atoms with Gasteiger partial charge in [-0.2, -0.15) is 13.2 Å². The Morgan fingerprint density at radius 3 is 2.71 bits per heavy atom. The molecule has 2 N–H and O–H groups in total. The number of thiazole rings is 1. The van der Waals surface area contributed by atoms with Crippen molar-refractivity contribution >= 4 is 11.3 Å². The van der Waals surface area contributed by atoms with E-state index in [0.29, 0.717) is 10.1 Å². The summed E-state index contributed by atoms with van der Waals surface area (Å²) in [6.07, 6.45) is -3.28. The van der Waals surface area contributed by atoms with Gasteiger partial charge in [-0.05, 0) is 0 Å². The molecule has 0 aliphatic rings. The van der Waals surface area contributed by atoms with Gasteiger partial charge in [-0.1, -0.05) is 11.3 Å². The van der Waals surface area contributed by atoms with Gasteiger partial charge < -0.3 is 10.5 Å². The highest BCUT2D eigenvalue weighted by Gasteiger charge is 2.36. The van der Waals surface area contributed by atoms with Crippen LogP contribution < -0.4 is 10.5 Å². The molecule has 0 aromatic carbocycles. The van der Waals surface area contributed by atoms with E-state index in [1.54, 1.807) is 0 Å². The first-order valence-electron chi connectivity index (χ1n) is 3.74. The smallest absolute Gasteiger partial charge is 0.403 e. The average molecular weight is 226 g/mol. The molecule has 1 heterocycles. The van der Waals surface area contributed by atoms with Gasteiger partial charge in [0.1, 0.15) is 6.04 Å². The van der Waals surface area contributed by atoms with E-state index in [1.807, 2.05) is 0 Å². The number of rotatable bonds is 3. The van der Waals surface area contributed by atoms with E-state index < -0.39 is 12.2 Å². The minimum Gasteiger partial charge on any atom is -0.473 e. The number of methoxy groups -OCH3 is 1. The highest BCUT2D eigenvalue weighted by Crippen LogP contribution is 2.26. The summed E-state index contributed by atoms with van der Waals surface area (Å²) in [5, 5.41) is 0.342. The molecule has 0 spiro atoms. The van der Waals surface area contributed by atoms with Gasteiger partial charge in [-0.3, -0.25) is 0 Å². The van der Waals surface area contributed by atoms with Crippen LogP contribution in [0.25, 0.3) is 0 Å². The van der Waals surface area contributed by atoms with Crippen molar-refractivity contribution in [2.75, 3.05) is 7.11 Å². The van der Waals surface area contributed by atoms with Gasteiger partial charge in [0, 0.05) is 17.5 Å². The van der Waals surface area contributed by atoms with E-state index >= 15 is 0 Å². The second-order valence-corrected chi connectivity index (χ2v) is 3.73. The van der Waals surface area contributed by atoms with Crippen LogP contribution in [0.2, 0.25) is 0 Å². The molecule has 14 heavy (non-hydrogen) atoms. The van der Waals surface area contributed by atoms with Crippen molar-refractivity contribution in [2.45, 2.75) is 18.6 Å². The molecule has 0 saturated heterocycles. The molecule has 7 heteroatoms. The lowest BCUT2D eigenvalue weighted by Crippen LogP contribution is -2.38. The van der Waals surface area contributed by atoms with E-state index in [9.17, 15) is 13.2 Å². The predicted octanol–water partition coefficient (Wildman–Crippen LogP) is 1.58. The van der Waals surface area contributed by atoms with Crippen LogP contribution in [0.4, 0.5) is 13.2 Å². The number of nitrogens with two attached hydrogens (primary N) is 1. The van der Waals surface area contributed by atoms with Crippen molar-refractivity contribution in [3.05, 3.63) is 11.1 Å². The number of halogens is 3. The van der Waals surface area contributed by atoms with E-state index in [2.05, 4.69) is 4.98 Å². The molecule has 0 amide bonds. The average Bonchev–Trinajstić information content (AvgIpc) is 2.50. The summed E-state index contributed by atoms with van der Waals surface area (Å²) in [5.41, 5.74) is 4.95. The van der Waals surface area contributed by atoms with Crippen LogP contribution in [-0.4, -0.2) is 24.3 Å². The first-order chi connectivity index (χ1) is 6.43. The molecule has 0 aliphatic heterocycles. The molecule has 0 fully saturated rings. The van der Waals surface area contributed by atoms with Crippen LogP contribution in [0.3, 0.4) is 0 Å². The monoisotopic (exact) mass is 226 g/mol. The van der Waals surface area contributed by atoms with Crippen molar-refractivity contribution in [1.82, 2.24) is 4.98 Å². The first-order valence-corrected chi connectivity index (χ1v) is 4.56. The number of ether oxygens (including phenoxy) is 1. The van der Waals surface area contributed by atoms with Gasteiger partial charge in [0.25, 0.3) is 5.19 Å². The summed E-state index contributed by atoms with van der Waals surface area (Å²) in [6.45, 7) is 0. The fourth-order valence-electron chi connectivity index (χ4n) is 0.811. The van der Waals surface area contributed by atoms with Crippen molar-refractivity contribution in [3.8, 4) is 5.19 Å². The van der Waals surface area contributed by atoms with Gasteiger partial charge in [0.15, 0.2) is 0 Å². The standard InChI is InChI=1S/C7H9F3N2OS/c1-13-6-12-3-4(14-6)2-5(11)7(8,9)10/h3,5H,2,11H2,1H3. The van der Waals surface area contributed by atoms with Crippen LogP contribution >= 0.6 is 11.3 Å². The minimum atomic E-state index is -4.36. The van der Waals surface area contributed by atoms with E-state index in [1.165, 1.54) is 13.3 Å². The maximum absolute atomic E-state index is 12.1. The Balaban J connectivity index is 2.60. The summed E-state index contributed by atoms with van der Waals surface area (Å²) in [4.78, 5) is 4.21. The van der Waals surface area contributed by atoms with Gasteiger partial charge in [0.2, 0.25) is 0 Å². The van der Waals surface area contributed by atoms with Crippen molar-refractivity contribution in [2.24, 2.45) is 5.73 Å². The number of hydrogen-bond donors (Lipinski definition) is 1. The molecule has 1 aromatic heterocycles. The maximum Gasteiger partial charge on any atom is 0.403 e. The summed E-state index contributed by atoms with van der Waals surface area (Å²) in [5.74, 6) is 0. The number of hydrogen-bond acceptors (Lipinski definition) is 4. The first kappa shape index (κ1) is 11.3. The van der Waals surface area contributed by atoms with E-state index in [4.69, 9.17) is 10.5 Å². The van der Waals surface area contributed by atoms with Gasteiger partial charge in [-0.25, -0.2) is 4.98 Å². The lowest BCUT2D eigenvalue weighted by Gasteiger charge is -2.13. The molecule has 0 saturated carbocycles. The third kappa shape index (κ3) is 2.85. The lowest BCUT2D eigenvalue weighted by atomic mass is 10.2. The zero-order chi connectivity index (χ0) is 10.8. The second-order valence-electron chi connectivity index (χ2n) is 2.65. The summed E-state index contributed by atoms with van der Waals surface area (Å²) < 4.78 is 40.9. The molecule has 80 valence electrons. The Morgan fingerprint density at radius 2 is 2.29 bits per heavy atom. The summed E-state index contributed by atoms with van der Waals surface area (Å²) in [7, 11) is 1.41. The van der Waals surface area contributed by atoms with Crippen molar-refractivity contribution in [3.63, 3.8) is 0 Å². The molecule has 1 unspecified atom stereocenters. The molecule has 1 rings (SSSR count). The molecule has 0 bridgehead atoms. The second kappa shape index (κ2) is 4.14. The Labute approximate surface area is 82.7 Å². The number of aromatic nitrogens is 1. The van der Waals surface area contributed by atoms with E-state index in [-0.39, 0.29) is 6.42 Å².